The van der Waals surface area contributed by atoms with E-state index in [0.717, 1.165) is 22.3 Å². The first-order valence-corrected chi connectivity index (χ1v) is 7.54. The average molecular weight is 315 g/mol. The molecule has 0 fully saturated rings. The van der Waals surface area contributed by atoms with Gasteiger partial charge in [0.1, 0.15) is 5.76 Å². The minimum Gasteiger partial charge on any atom is -0.493 e. The molecule has 0 aliphatic heterocycles. The highest BCUT2D eigenvalue weighted by molar-refractivity contribution is 5.83. The molecule has 3 rings (SSSR count). The number of hydrogen-bond acceptors (Lipinski definition) is 5. The SMILES string of the molecule is COc1cccc2cc([C@@H](C)N[C@H](CO)c3cnn(C)c3)oc12. The van der Waals surface area contributed by atoms with Crippen LogP contribution in [0.25, 0.3) is 11.0 Å². The van der Waals surface area contributed by atoms with Gasteiger partial charge in [-0.15, -0.1) is 0 Å². The fourth-order valence-electron chi connectivity index (χ4n) is 2.69. The van der Waals surface area contributed by atoms with Gasteiger partial charge >= 0.3 is 0 Å². The number of aryl methyl sites for hydroxylation is 1. The zero-order chi connectivity index (χ0) is 16.4. The van der Waals surface area contributed by atoms with Crippen LogP contribution in [0.5, 0.6) is 5.75 Å². The van der Waals surface area contributed by atoms with Crippen molar-refractivity contribution in [2.75, 3.05) is 13.7 Å². The number of nitrogens with zero attached hydrogens (tertiary/aromatic N) is 2. The predicted molar refractivity (Wildman–Crippen MR) is 87.4 cm³/mol. The van der Waals surface area contributed by atoms with Crippen molar-refractivity contribution in [3.05, 3.63) is 48.0 Å². The van der Waals surface area contributed by atoms with E-state index in [2.05, 4.69) is 10.4 Å². The molecular formula is C17H21N3O3. The van der Waals surface area contributed by atoms with Gasteiger partial charge in [0, 0.05) is 24.2 Å². The Kier molecular flexibility index (Phi) is 4.36. The molecular weight excluding hydrogens is 294 g/mol. The molecule has 0 amide bonds. The van der Waals surface area contributed by atoms with E-state index >= 15 is 0 Å². The lowest BCUT2D eigenvalue weighted by molar-refractivity contribution is 0.231. The Labute approximate surface area is 134 Å². The van der Waals surface area contributed by atoms with Crippen molar-refractivity contribution in [3.63, 3.8) is 0 Å². The lowest BCUT2D eigenvalue weighted by Gasteiger charge is -2.19. The second kappa shape index (κ2) is 6.44. The normalized spacial score (nSPS) is 14.1. The highest BCUT2D eigenvalue weighted by Crippen LogP contribution is 2.31. The lowest BCUT2D eigenvalue weighted by atomic mass is 10.1. The van der Waals surface area contributed by atoms with E-state index in [4.69, 9.17) is 9.15 Å². The lowest BCUT2D eigenvalue weighted by Crippen LogP contribution is -2.26. The first-order chi connectivity index (χ1) is 11.1. The van der Waals surface area contributed by atoms with Crippen molar-refractivity contribution in [2.24, 2.45) is 7.05 Å². The fraction of sp³-hybridized carbons (Fsp3) is 0.353. The van der Waals surface area contributed by atoms with E-state index in [1.54, 1.807) is 18.0 Å². The first kappa shape index (κ1) is 15.6. The van der Waals surface area contributed by atoms with Crippen molar-refractivity contribution in [3.8, 4) is 5.75 Å². The Bertz CT molecular complexity index is 793. The molecule has 6 heteroatoms. The zero-order valence-corrected chi connectivity index (χ0v) is 13.5. The smallest absolute Gasteiger partial charge is 0.176 e. The molecule has 0 unspecified atom stereocenters. The molecule has 0 bridgehead atoms. The Hall–Kier alpha value is -2.31. The third-order valence-electron chi connectivity index (χ3n) is 3.93. The topological polar surface area (TPSA) is 72.4 Å². The van der Waals surface area contributed by atoms with Gasteiger partial charge in [-0.2, -0.15) is 5.10 Å². The molecule has 0 radical (unpaired) electrons. The summed E-state index contributed by atoms with van der Waals surface area (Å²) in [7, 11) is 3.48. The van der Waals surface area contributed by atoms with Crippen LogP contribution in [0.4, 0.5) is 0 Å². The summed E-state index contributed by atoms with van der Waals surface area (Å²) in [5.41, 5.74) is 1.68. The monoisotopic (exact) mass is 315 g/mol. The number of nitrogens with one attached hydrogen (secondary N) is 1. The molecule has 2 atom stereocenters. The van der Waals surface area contributed by atoms with Gasteiger partial charge in [-0.3, -0.25) is 10.00 Å². The molecule has 3 aromatic rings. The zero-order valence-electron chi connectivity index (χ0n) is 13.5. The second-order valence-corrected chi connectivity index (χ2v) is 5.60. The number of aliphatic hydroxyl groups is 1. The molecule has 0 aliphatic carbocycles. The third-order valence-corrected chi connectivity index (χ3v) is 3.93. The van der Waals surface area contributed by atoms with Gasteiger partial charge in [0.15, 0.2) is 11.3 Å². The van der Waals surface area contributed by atoms with Crippen molar-refractivity contribution in [1.29, 1.82) is 0 Å². The van der Waals surface area contributed by atoms with Crippen LogP contribution in [-0.4, -0.2) is 28.6 Å². The van der Waals surface area contributed by atoms with Gasteiger partial charge in [0.2, 0.25) is 0 Å². The van der Waals surface area contributed by atoms with Gasteiger partial charge < -0.3 is 14.3 Å². The molecule has 2 aromatic heterocycles. The number of ether oxygens (including phenoxy) is 1. The average Bonchev–Trinajstić information content (AvgIpc) is 3.18. The predicted octanol–water partition coefficient (Wildman–Crippen LogP) is 2.56. The van der Waals surface area contributed by atoms with Gasteiger partial charge in [-0.05, 0) is 19.1 Å². The number of para-hydroxylation sites is 1. The van der Waals surface area contributed by atoms with E-state index in [9.17, 15) is 5.11 Å². The summed E-state index contributed by atoms with van der Waals surface area (Å²) in [4.78, 5) is 0. The van der Waals surface area contributed by atoms with E-state index in [1.165, 1.54) is 0 Å². The molecule has 0 saturated heterocycles. The van der Waals surface area contributed by atoms with Gasteiger partial charge in [-0.25, -0.2) is 0 Å². The van der Waals surface area contributed by atoms with Crippen LogP contribution in [0.2, 0.25) is 0 Å². The molecule has 122 valence electrons. The number of benzene rings is 1. The second-order valence-electron chi connectivity index (χ2n) is 5.60. The van der Waals surface area contributed by atoms with Crippen LogP contribution < -0.4 is 10.1 Å². The summed E-state index contributed by atoms with van der Waals surface area (Å²) in [6.45, 7) is 1.99. The number of rotatable bonds is 6. The summed E-state index contributed by atoms with van der Waals surface area (Å²) < 4.78 is 13.0. The minimum atomic E-state index is -0.200. The van der Waals surface area contributed by atoms with Crippen LogP contribution in [0.3, 0.4) is 0 Å². The van der Waals surface area contributed by atoms with E-state index in [1.807, 2.05) is 44.4 Å². The number of aliphatic hydroxyl groups excluding tert-OH is 1. The standard InChI is InChI=1S/C17H21N3O3/c1-11(19-14(10-21)13-8-18-20(2)9-13)16-7-12-5-4-6-15(22-3)17(12)23-16/h4-9,11,14,19,21H,10H2,1-3H3/t11-,14-/m1/s1. The Morgan fingerprint density at radius 3 is 2.91 bits per heavy atom. The van der Waals surface area contributed by atoms with Crippen LogP contribution in [0.1, 0.15) is 30.3 Å². The van der Waals surface area contributed by atoms with Crippen LogP contribution in [0, 0.1) is 0 Å². The van der Waals surface area contributed by atoms with Crippen LogP contribution >= 0.6 is 0 Å². The number of methoxy groups -OCH3 is 1. The van der Waals surface area contributed by atoms with Crippen molar-refractivity contribution < 1.29 is 14.3 Å². The maximum atomic E-state index is 9.66. The maximum Gasteiger partial charge on any atom is 0.176 e. The highest BCUT2D eigenvalue weighted by Gasteiger charge is 2.19. The summed E-state index contributed by atoms with van der Waals surface area (Å²) >= 11 is 0. The fourth-order valence-corrected chi connectivity index (χ4v) is 2.69. The molecule has 6 nitrogen and oxygen atoms in total. The van der Waals surface area contributed by atoms with E-state index < -0.39 is 0 Å². The van der Waals surface area contributed by atoms with E-state index in [0.29, 0.717) is 5.75 Å². The Morgan fingerprint density at radius 1 is 1.43 bits per heavy atom. The molecule has 2 N–H and O–H groups in total. The first-order valence-electron chi connectivity index (χ1n) is 7.54. The number of furan rings is 1. The van der Waals surface area contributed by atoms with Crippen molar-refractivity contribution >= 4 is 11.0 Å². The highest BCUT2D eigenvalue weighted by atomic mass is 16.5. The largest absolute Gasteiger partial charge is 0.493 e. The summed E-state index contributed by atoms with van der Waals surface area (Å²) in [5.74, 6) is 1.51. The van der Waals surface area contributed by atoms with Gasteiger partial charge in [-0.1, -0.05) is 12.1 Å². The van der Waals surface area contributed by atoms with Crippen LogP contribution in [-0.2, 0) is 7.05 Å². The molecule has 2 heterocycles. The molecule has 0 spiro atoms. The number of hydrogen-bond donors (Lipinski definition) is 2. The summed E-state index contributed by atoms with van der Waals surface area (Å²) in [5, 5.41) is 18.2. The van der Waals surface area contributed by atoms with Gasteiger partial charge in [0.05, 0.1) is 32.0 Å². The summed E-state index contributed by atoms with van der Waals surface area (Å²) in [6.07, 6.45) is 3.64. The third kappa shape index (κ3) is 3.09. The molecule has 1 aromatic carbocycles. The number of aromatic nitrogens is 2. The van der Waals surface area contributed by atoms with Crippen LogP contribution in [0.15, 0.2) is 41.1 Å². The molecule has 0 saturated carbocycles. The maximum absolute atomic E-state index is 9.66. The van der Waals surface area contributed by atoms with E-state index in [-0.39, 0.29) is 18.7 Å². The summed E-state index contributed by atoms with van der Waals surface area (Å²) in [6, 6.07) is 7.53. The van der Waals surface area contributed by atoms with Crippen molar-refractivity contribution in [2.45, 2.75) is 19.0 Å². The molecule has 23 heavy (non-hydrogen) atoms. The van der Waals surface area contributed by atoms with Gasteiger partial charge in [0.25, 0.3) is 0 Å². The quantitative estimate of drug-likeness (QED) is 0.731. The number of fused-ring (bicyclic) bond motifs is 1. The minimum absolute atomic E-state index is 0.0143. The van der Waals surface area contributed by atoms with Crippen molar-refractivity contribution in [1.82, 2.24) is 15.1 Å². The molecule has 0 aliphatic rings. The Morgan fingerprint density at radius 2 is 2.26 bits per heavy atom. The Balaban J connectivity index is 1.83.